The van der Waals surface area contributed by atoms with E-state index in [2.05, 4.69) is 0 Å². The molecule has 0 saturated carbocycles. The van der Waals surface area contributed by atoms with Gasteiger partial charge in [-0.05, 0) is 12.1 Å². The van der Waals surface area contributed by atoms with E-state index in [1.54, 1.807) is 21.9 Å². The summed E-state index contributed by atoms with van der Waals surface area (Å²) in [6.45, 7) is 3.72. The zero-order valence-electron chi connectivity index (χ0n) is 11.5. The van der Waals surface area contributed by atoms with Crippen molar-refractivity contribution >= 4 is 17.6 Å². The second-order valence-corrected chi connectivity index (χ2v) is 4.79. The molecular weight excluding hydrogens is 260 g/mol. The van der Waals surface area contributed by atoms with Gasteiger partial charge >= 0.3 is 0 Å². The Morgan fingerprint density at radius 2 is 1.75 bits per heavy atom. The van der Waals surface area contributed by atoms with Gasteiger partial charge in [-0.25, -0.2) is 0 Å². The van der Waals surface area contributed by atoms with Crippen molar-refractivity contribution in [1.82, 2.24) is 9.80 Å². The predicted octanol–water partition coefficient (Wildman–Crippen LogP) is 0.933. The first kappa shape index (κ1) is 14.3. The molecule has 0 atom stereocenters. The Morgan fingerprint density at radius 3 is 2.30 bits per heavy atom. The number of nitrogens with zero attached hydrogens (tertiary/aromatic N) is 2. The molecule has 2 rings (SSSR count). The fourth-order valence-electron chi connectivity index (χ4n) is 2.21. The highest BCUT2D eigenvalue weighted by molar-refractivity contribution is 5.95. The molecular formula is C14H18N2O4. The summed E-state index contributed by atoms with van der Waals surface area (Å²) < 4.78 is 4.99. The largest absolute Gasteiger partial charge is 0.461 e. The summed E-state index contributed by atoms with van der Waals surface area (Å²) in [4.78, 5) is 38.3. The van der Waals surface area contributed by atoms with E-state index in [0.29, 0.717) is 31.9 Å². The Labute approximate surface area is 117 Å². The summed E-state index contributed by atoms with van der Waals surface area (Å²) in [5.74, 6) is 0.114. The molecule has 1 aliphatic heterocycles. The smallest absolute Gasteiger partial charge is 0.223 e. The minimum atomic E-state index is -0.161. The molecule has 1 aromatic rings. The second kappa shape index (κ2) is 6.36. The lowest BCUT2D eigenvalue weighted by Crippen LogP contribution is -2.50. The Kier molecular flexibility index (Phi) is 4.55. The highest BCUT2D eigenvalue weighted by atomic mass is 16.3. The van der Waals surface area contributed by atoms with Crippen LogP contribution in [0.15, 0.2) is 22.8 Å². The molecule has 0 unspecified atom stereocenters. The standard InChI is InChI=1S/C14H18N2O4/c1-11(17)15-6-8-16(9-7-15)14(19)5-4-12(18)13-3-2-10-20-13/h2-3,10H,4-9H2,1H3. The van der Waals surface area contributed by atoms with Crippen molar-refractivity contribution < 1.29 is 18.8 Å². The molecule has 2 heterocycles. The van der Waals surface area contributed by atoms with Gasteiger partial charge in [-0.1, -0.05) is 0 Å². The molecule has 1 aromatic heterocycles. The van der Waals surface area contributed by atoms with E-state index in [0.717, 1.165) is 0 Å². The van der Waals surface area contributed by atoms with Gasteiger partial charge in [-0.3, -0.25) is 14.4 Å². The van der Waals surface area contributed by atoms with E-state index in [4.69, 9.17) is 4.42 Å². The van der Waals surface area contributed by atoms with E-state index in [-0.39, 0.29) is 30.4 Å². The number of amides is 2. The van der Waals surface area contributed by atoms with Crippen molar-refractivity contribution in [1.29, 1.82) is 0 Å². The van der Waals surface area contributed by atoms with Crippen molar-refractivity contribution in [2.75, 3.05) is 26.2 Å². The topological polar surface area (TPSA) is 70.8 Å². The van der Waals surface area contributed by atoms with Crippen molar-refractivity contribution in [2.45, 2.75) is 19.8 Å². The SMILES string of the molecule is CC(=O)N1CCN(C(=O)CCC(=O)c2ccco2)CC1. The molecule has 0 N–H and O–H groups in total. The molecule has 6 nitrogen and oxygen atoms in total. The lowest BCUT2D eigenvalue weighted by Gasteiger charge is -2.34. The van der Waals surface area contributed by atoms with Crippen molar-refractivity contribution in [3.05, 3.63) is 24.2 Å². The summed E-state index contributed by atoms with van der Waals surface area (Å²) in [6.07, 6.45) is 1.77. The minimum absolute atomic E-state index is 0.0325. The van der Waals surface area contributed by atoms with Crippen molar-refractivity contribution in [2.24, 2.45) is 0 Å². The highest BCUT2D eigenvalue weighted by Crippen LogP contribution is 2.09. The van der Waals surface area contributed by atoms with Gasteiger partial charge in [0.1, 0.15) is 0 Å². The van der Waals surface area contributed by atoms with Gasteiger partial charge in [0.05, 0.1) is 6.26 Å². The second-order valence-electron chi connectivity index (χ2n) is 4.79. The van der Waals surface area contributed by atoms with Crippen LogP contribution in [0.5, 0.6) is 0 Å². The molecule has 108 valence electrons. The zero-order chi connectivity index (χ0) is 14.5. The first-order chi connectivity index (χ1) is 9.58. The first-order valence-electron chi connectivity index (χ1n) is 6.68. The molecule has 2 amide bonds. The average molecular weight is 278 g/mol. The minimum Gasteiger partial charge on any atom is -0.461 e. The maximum atomic E-state index is 12.0. The summed E-state index contributed by atoms with van der Waals surface area (Å²) >= 11 is 0. The molecule has 1 fully saturated rings. The number of piperazine rings is 1. The van der Waals surface area contributed by atoms with Crippen LogP contribution in [0.3, 0.4) is 0 Å². The molecule has 0 spiro atoms. The van der Waals surface area contributed by atoms with E-state index in [1.807, 2.05) is 0 Å². The quantitative estimate of drug-likeness (QED) is 0.768. The van der Waals surface area contributed by atoms with Gasteiger partial charge in [0.25, 0.3) is 0 Å². The van der Waals surface area contributed by atoms with Crippen LogP contribution in [0, 0.1) is 0 Å². The van der Waals surface area contributed by atoms with Crippen molar-refractivity contribution in [3.8, 4) is 0 Å². The molecule has 0 bridgehead atoms. The summed E-state index contributed by atoms with van der Waals surface area (Å²) in [6, 6.07) is 3.24. The first-order valence-corrected chi connectivity index (χ1v) is 6.68. The number of Topliss-reactive ketones (excluding diaryl/α,β-unsaturated/α-hetero) is 1. The van der Waals surface area contributed by atoms with Crippen LogP contribution in [0.25, 0.3) is 0 Å². The van der Waals surface area contributed by atoms with Crippen LogP contribution in [0.4, 0.5) is 0 Å². The van der Waals surface area contributed by atoms with E-state index < -0.39 is 0 Å². The van der Waals surface area contributed by atoms with Gasteiger partial charge < -0.3 is 14.2 Å². The van der Waals surface area contributed by atoms with E-state index >= 15 is 0 Å². The number of rotatable bonds is 4. The van der Waals surface area contributed by atoms with Gasteiger partial charge in [-0.2, -0.15) is 0 Å². The molecule has 1 saturated heterocycles. The Bertz CT molecular complexity index is 487. The summed E-state index contributed by atoms with van der Waals surface area (Å²) in [7, 11) is 0. The van der Waals surface area contributed by atoms with Crippen LogP contribution < -0.4 is 0 Å². The third-order valence-electron chi connectivity index (χ3n) is 3.44. The van der Waals surface area contributed by atoms with Gasteiger partial charge in [0, 0.05) is 45.9 Å². The third kappa shape index (κ3) is 3.46. The number of ketones is 1. The number of carbonyl (C=O) groups excluding carboxylic acids is 3. The van der Waals surface area contributed by atoms with Crippen LogP contribution >= 0.6 is 0 Å². The third-order valence-corrected chi connectivity index (χ3v) is 3.44. The monoisotopic (exact) mass is 278 g/mol. The van der Waals surface area contributed by atoms with E-state index in [1.165, 1.54) is 13.2 Å². The highest BCUT2D eigenvalue weighted by Gasteiger charge is 2.22. The Balaban J connectivity index is 1.76. The van der Waals surface area contributed by atoms with Gasteiger partial charge in [0.2, 0.25) is 11.8 Å². The van der Waals surface area contributed by atoms with Crippen LogP contribution in [0.1, 0.15) is 30.3 Å². The van der Waals surface area contributed by atoms with Crippen molar-refractivity contribution in [3.63, 3.8) is 0 Å². The molecule has 0 radical (unpaired) electrons. The fourth-order valence-corrected chi connectivity index (χ4v) is 2.21. The predicted molar refractivity (Wildman–Crippen MR) is 71.1 cm³/mol. The lowest BCUT2D eigenvalue weighted by atomic mass is 10.1. The normalized spacial score (nSPS) is 15.2. The number of hydrogen-bond acceptors (Lipinski definition) is 4. The van der Waals surface area contributed by atoms with Gasteiger partial charge in [-0.15, -0.1) is 0 Å². The van der Waals surface area contributed by atoms with E-state index in [9.17, 15) is 14.4 Å². The molecule has 0 aromatic carbocycles. The summed E-state index contributed by atoms with van der Waals surface area (Å²) in [5, 5.41) is 0. The Hall–Kier alpha value is -2.11. The number of carbonyl (C=O) groups is 3. The number of furan rings is 1. The molecule has 1 aliphatic rings. The van der Waals surface area contributed by atoms with Crippen LogP contribution in [0.2, 0.25) is 0 Å². The fraction of sp³-hybridized carbons (Fsp3) is 0.500. The molecule has 0 aliphatic carbocycles. The zero-order valence-corrected chi connectivity index (χ0v) is 11.5. The molecule has 20 heavy (non-hydrogen) atoms. The lowest BCUT2D eigenvalue weighted by molar-refractivity contribution is -0.138. The van der Waals surface area contributed by atoms with Gasteiger partial charge in [0.15, 0.2) is 11.5 Å². The van der Waals surface area contributed by atoms with Crippen LogP contribution in [-0.4, -0.2) is 53.6 Å². The maximum absolute atomic E-state index is 12.0. The van der Waals surface area contributed by atoms with Crippen LogP contribution in [-0.2, 0) is 9.59 Å². The average Bonchev–Trinajstić information content (AvgIpc) is 2.98. The molecule has 6 heteroatoms. The number of hydrogen-bond donors (Lipinski definition) is 0. The Morgan fingerprint density at radius 1 is 1.10 bits per heavy atom. The summed E-state index contributed by atoms with van der Waals surface area (Å²) in [5.41, 5.74) is 0. The maximum Gasteiger partial charge on any atom is 0.223 e.